The molecule has 246 valence electrons. The van der Waals surface area contributed by atoms with E-state index in [4.69, 9.17) is 36.2 Å². The number of hydrogen-bond acceptors (Lipinski definition) is 9. The van der Waals surface area contributed by atoms with E-state index in [1.165, 1.54) is 18.2 Å². The number of likely N-dealkylation sites (tertiary alicyclic amines) is 1. The third kappa shape index (κ3) is 8.59. The van der Waals surface area contributed by atoms with Crippen molar-refractivity contribution < 1.29 is 41.0 Å². The maximum absolute atomic E-state index is 13.9. The van der Waals surface area contributed by atoms with Crippen molar-refractivity contribution in [3.05, 3.63) is 40.0 Å². The first-order valence-electron chi connectivity index (χ1n) is 14.2. The lowest BCUT2D eigenvalue weighted by Crippen LogP contribution is -2.51. The number of carbonyl (C=O) groups is 1. The number of carboxylic acid groups (broad SMARTS) is 1. The molecule has 3 aliphatic rings. The molecule has 1 unspecified atom stereocenters. The van der Waals surface area contributed by atoms with Gasteiger partial charge in [-0.2, -0.15) is 41.6 Å². The molecule has 3 aliphatic heterocycles. The van der Waals surface area contributed by atoms with Crippen LogP contribution < -0.4 is 19.9 Å². The molecule has 0 radical (unpaired) electrons. The van der Waals surface area contributed by atoms with E-state index in [0.29, 0.717) is 51.3 Å². The number of aliphatic carboxylic acids is 1. The number of halogens is 7. The van der Waals surface area contributed by atoms with E-state index in [0.717, 1.165) is 30.8 Å². The lowest BCUT2D eigenvalue weighted by Gasteiger charge is -2.37. The van der Waals surface area contributed by atoms with E-state index in [9.17, 15) is 31.6 Å². The summed E-state index contributed by atoms with van der Waals surface area (Å²) in [5.41, 5.74) is 0.781. The van der Waals surface area contributed by atoms with Crippen molar-refractivity contribution >= 4 is 29.1 Å². The predicted molar refractivity (Wildman–Crippen MR) is 152 cm³/mol. The fraction of sp³-hybridized carbons (Fsp3) is 0.571. The summed E-state index contributed by atoms with van der Waals surface area (Å²) in [6.45, 7) is 4.03. The molecule has 2 atom stereocenters. The summed E-state index contributed by atoms with van der Waals surface area (Å²) < 4.78 is 79.6. The normalized spacial score (nSPS) is 20.6. The molecule has 1 aromatic carbocycles. The molecule has 4 heterocycles. The van der Waals surface area contributed by atoms with Gasteiger partial charge in [0.15, 0.2) is 0 Å². The van der Waals surface area contributed by atoms with Crippen LogP contribution in [0.2, 0.25) is 5.02 Å². The average molecular weight is 664 g/mol. The number of carboxylic acids is 1. The number of alkyl halides is 6. The summed E-state index contributed by atoms with van der Waals surface area (Å²) in [5.74, 6) is -2.01. The minimum absolute atomic E-state index is 0.0109. The van der Waals surface area contributed by atoms with Gasteiger partial charge in [0.25, 0.3) is 0 Å². The Kier molecular flexibility index (Phi) is 10.9. The zero-order valence-corrected chi connectivity index (χ0v) is 25.0. The number of aromatic nitrogens is 2. The minimum Gasteiger partial charge on any atom is -0.475 e. The second-order valence-corrected chi connectivity index (χ2v) is 11.3. The Balaban J connectivity index is 0.000000591. The van der Waals surface area contributed by atoms with Crippen LogP contribution in [0.5, 0.6) is 6.01 Å². The van der Waals surface area contributed by atoms with Crippen LogP contribution in [0.1, 0.15) is 36.1 Å². The summed E-state index contributed by atoms with van der Waals surface area (Å²) in [6, 6.07) is 7.00. The van der Waals surface area contributed by atoms with Crippen molar-refractivity contribution in [1.82, 2.24) is 20.2 Å². The maximum atomic E-state index is 13.9. The van der Waals surface area contributed by atoms with Crippen molar-refractivity contribution in [2.24, 2.45) is 0 Å². The van der Waals surface area contributed by atoms with Crippen LogP contribution in [0.4, 0.5) is 37.8 Å². The van der Waals surface area contributed by atoms with Crippen LogP contribution >= 0.6 is 11.6 Å². The van der Waals surface area contributed by atoms with Crippen molar-refractivity contribution in [2.45, 2.75) is 56.7 Å². The number of likely N-dealkylation sites (N-methyl/N-ethyl adjacent to an activating group) is 1. The van der Waals surface area contributed by atoms with Crippen LogP contribution in [0.25, 0.3) is 0 Å². The Morgan fingerprint density at radius 1 is 1.18 bits per heavy atom. The molecule has 0 saturated carbocycles. The molecule has 45 heavy (non-hydrogen) atoms. The average Bonchev–Trinajstić information content (AvgIpc) is 3.39. The van der Waals surface area contributed by atoms with Crippen LogP contribution in [0.15, 0.2) is 18.2 Å². The number of benzene rings is 1. The molecular weight excluding hydrogens is 632 g/mol. The molecule has 1 aromatic heterocycles. The van der Waals surface area contributed by atoms with Crippen LogP contribution in [0.3, 0.4) is 0 Å². The van der Waals surface area contributed by atoms with Crippen molar-refractivity contribution in [3.63, 3.8) is 0 Å². The summed E-state index contributed by atoms with van der Waals surface area (Å²) in [6.07, 6.45) is -6.66. The van der Waals surface area contributed by atoms with E-state index in [1.54, 1.807) is 4.90 Å². The zero-order chi connectivity index (χ0) is 32.9. The van der Waals surface area contributed by atoms with Gasteiger partial charge in [-0.25, -0.2) is 4.79 Å². The van der Waals surface area contributed by atoms with Gasteiger partial charge in [-0.05, 0) is 45.0 Å². The number of hydrogen-bond donors (Lipinski definition) is 2. The second-order valence-electron chi connectivity index (χ2n) is 10.9. The molecule has 0 aliphatic carbocycles. The molecular formula is C28H32ClF6N7O3. The summed E-state index contributed by atoms with van der Waals surface area (Å²) in [4.78, 5) is 24.5. The topological polar surface area (TPSA) is 118 Å². The zero-order valence-electron chi connectivity index (χ0n) is 24.3. The predicted octanol–water partition coefficient (Wildman–Crippen LogP) is 4.51. The fourth-order valence-electron chi connectivity index (χ4n) is 5.60. The second kappa shape index (κ2) is 14.3. The molecule has 5 rings (SSSR count). The van der Waals surface area contributed by atoms with Crippen LogP contribution in [-0.4, -0.2) is 90.6 Å². The van der Waals surface area contributed by atoms with Crippen molar-refractivity contribution in [3.8, 4) is 12.1 Å². The molecule has 0 spiro atoms. The molecule has 17 heteroatoms. The Morgan fingerprint density at radius 3 is 2.53 bits per heavy atom. The quantitative estimate of drug-likeness (QED) is 0.428. The molecule has 2 saturated heterocycles. The number of nitriles is 1. The van der Waals surface area contributed by atoms with Gasteiger partial charge in [0.1, 0.15) is 12.4 Å². The van der Waals surface area contributed by atoms with Crippen molar-refractivity contribution in [1.29, 1.82) is 5.26 Å². The number of anilines is 2. The molecule has 2 N–H and O–H groups in total. The minimum atomic E-state index is -5.08. The Bertz CT molecular complexity index is 1400. The van der Waals surface area contributed by atoms with Gasteiger partial charge < -0.3 is 29.9 Å². The number of nitrogens with zero attached hydrogens (tertiary/aromatic N) is 6. The lowest BCUT2D eigenvalue weighted by molar-refractivity contribution is -0.192. The van der Waals surface area contributed by atoms with E-state index in [-0.39, 0.29) is 35.3 Å². The van der Waals surface area contributed by atoms with Gasteiger partial charge in [0.2, 0.25) is 0 Å². The number of piperazine rings is 1. The summed E-state index contributed by atoms with van der Waals surface area (Å²) >= 11 is 6.01. The highest BCUT2D eigenvalue weighted by molar-refractivity contribution is 6.31. The van der Waals surface area contributed by atoms with Gasteiger partial charge >= 0.3 is 24.3 Å². The Labute approximate surface area is 260 Å². The summed E-state index contributed by atoms with van der Waals surface area (Å²) in [5, 5.41) is 19.4. The number of fused-ring (bicyclic) bond motifs is 1. The van der Waals surface area contributed by atoms with Crippen molar-refractivity contribution in [2.75, 3.05) is 56.2 Å². The highest BCUT2D eigenvalue weighted by Crippen LogP contribution is 2.43. The third-order valence-corrected chi connectivity index (χ3v) is 8.17. The first-order valence-corrected chi connectivity index (χ1v) is 14.6. The highest BCUT2D eigenvalue weighted by atomic mass is 35.5. The monoisotopic (exact) mass is 663 g/mol. The molecule has 2 aromatic rings. The standard InChI is InChI=1S/C26H31ClF3N7O.C2HF3O2/c1-35-11-3-4-18(35)16-38-25-33-21-15-36(22-6-2-5-20(27)23(22)26(28,29)30)12-8-19(21)24(34-25)37-13-10-32-17(14-37)7-9-31;3-2(4,5)1(6)7/h2,5-6,17-18,32H,3-4,7-8,10-16H2,1H3;(H,6,7)/t17-,18?;/m0./s1. The Hall–Kier alpha value is -3.55. The van der Waals surface area contributed by atoms with Gasteiger partial charge in [-0.1, -0.05) is 17.7 Å². The SMILES string of the molecule is CN1CCCC1COc1nc2c(c(N3CCN[C@@H](CC#N)C3)n1)CCN(c1cccc(Cl)c1C(F)(F)F)C2.O=C(O)C(F)(F)F. The van der Waals surface area contributed by atoms with Gasteiger partial charge in [0, 0.05) is 43.8 Å². The van der Waals surface area contributed by atoms with E-state index in [2.05, 4.69) is 28.2 Å². The van der Waals surface area contributed by atoms with Gasteiger partial charge in [-0.3, -0.25) is 0 Å². The molecule has 0 amide bonds. The molecule has 2 fully saturated rings. The smallest absolute Gasteiger partial charge is 0.475 e. The van der Waals surface area contributed by atoms with Gasteiger partial charge in [0.05, 0.1) is 41.0 Å². The van der Waals surface area contributed by atoms with Crippen LogP contribution in [-0.2, 0) is 23.9 Å². The number of ether oxygens (including phenoxy) is 1. The van der Waals surface area contributed by atoms with Gasteiger partial charge in [-0.15, -0.1) is 0 Å². The first-order chi connectivity index (χ1) is 21.2. The molecule has 0 bridgehead atoms. The third-order valence-electron chi connectivity index (χ3n) is 7.85. The largest absolute Gasteiger partial charge is 0.490 e. The maximum Gasteiger partial charge on any atom is 0.490 e. The molecule has 10 nitrogen and oxygen atoms in total. The van der Waals surface area contributed by atoms with E-state index < -0.39 is 23.9 Å². The van der Waals surface area contributed by atoms with Crippen LogP contribution in [0, 0.1) is 11.3 Å². The number of rotatable bonds is 6. The summed E-state index contributed by atoms with van der Waals surface area (Å²) in [7, 11) is 2.07. The van der Waals surface area contributed by atoms with E-state index in [1.807, 2.05) is 0 Å². The van der Waals surface area contributed by atoms with E-state index >= 15 is 0 Å². The number of nitrogens with one attached hydrogen (secondary N) is 1. The fourth-order valence-corrected chi connectivity index (χ4v) is 5.88. The lowest BCUT2D eigenvalue weighted by atomic mass is 10.0. The first kappa shape index (κ1) is 34.3. The Morgan fingerprint density at radius 2 is 1.91 bits per heavy atom. The highest BCUT2D eigenvalue weighted by Gasteiger charge is 2.39.